The molecule has 82 valence electrons. The Hall–Kier alpha value is -0.900. The molecule has 1 aliphatic heterocycles. The van der Waals surface area contributed by atoms with Gasteiger partial charge in [0.1, 0.15) is 0 Å². The van der Waals surface area contributed by atoms with Gasteiger partial charge in [0.15, 0.2) is 0 Å². The van der Waals surface area contributed by atoms with Crippen LogP contribution in [0, 0.1) is 0 Å². The van der Waals surface area contributed by atoms with Gasteiger partial charge >= 0.3 is 0 Å². The number of nitrogens with one attached hydrogen (secondary N) is 1. The summed E-state index contributed by atoms with van der Waals surface area (Å²) in [6.45, 7) is 2.24. The number of methoxy groups -OCH3 is 1. The maximum Gasteiger partial charge on any atom is 0.0933 e. The van der Waals surface area contributed by atoms with Crippen LogP contribution < -0.4 is 5.32 Å². The summed E-state index contributed by atoms with van der Waals surface area (Å²) in [5.74, 6) is 0. The lowest BCUT2D eigenvalue weighted by atomic mass is 10.1. The van der Waals surface area contributed by atoms with Crippen molar-refractivity contribution < 1.29 is 9.47 Å². The number of hydrogen-bond acceptors (Lipinski definition) is 3. The fourth-order valence-corrected chi connectivity index (χ4v) is 1.82. The molecule has 3 heteroatoms. The molecule has 15 heavy (non-hydrogen) atoms. The van der Waals surface area contributed by atoms with E-state index in [1.807, 2.05) is 6.07 Å². The van der Waals surface area contributed by atoms with Crippen LogP contribution in [-0.2, 0) is 9.47 Å². The normalized spacial score (nSPS) is 26.5. The molecule has 1 fully saturated rings. The number of hydrogen-bond donors (Lipinski definition) is 1. The van der Waals surface area contributed by atoms with E-state index < -0.39 is 0 Å². The van der Waals surface area contributed by atoms with Gasteiger partial charge in [-0.3, -0.25) is 0 Å². The van der Waals surface area contributed by atoms with E-state index in [9.17, 15) is 0 Å². The first kappa shape index (κ1) is 10.6. The predicted octanol–water partition coefficient (Wildman–Crippen LogP) is 1.36. The Kier molecular flexibility index (Phi) is 3.72. The van der Waals surface area contributed by atoms with Gasteiger partial charge in [-0.2, -0.15) is 0 Å². The standard InChI is InChI=1S/C12H17NO2/c1-14-8-11-7-13-12(9-15-11)10-5-3-2-4-6-10/h2-6,11-13H,7-9H2,1H3/t11-,12-/m0/s1. The molecular weight excluding hydrogens is 190 g/mol. The fraction of sp³-hybridized carbons (Fsp3) is 0.500. The van der Waals surface area contributed by atoms with Crippen molar-refractivity contribution in [2.75, 3.05) is 26.9 Å². The van der Waals surface area contributed by atoms with Gasteiger partial charge in [0.25, 0.3) is 0 Å². The SMILES string of the molecule is COC[C@@H]1CN[C@H](c2ccccc2)CO1. The average Bonchev–Trinajstić information content (AvgIpc) is 2.32. The van der Waals surface area contributed by atoms with Crippen LogP contribution in [-0.4, -0.2) is 33.0 Å². The zero-order valence-electron chi connectivity index (χ0n) is 8.98. The van der Waals surface area contributed by atoms with Crippen molar-refractivity contribution in [1.29, 1.82) is 0 Å². The van der Waals surface area contributed by atoms with Crippen LogP contribution >= 0.6 is 0 Å². The largest absolute Gasteiger partial charge is 0.382 e. The lowest BCUT2D eigenvalue weighted by molar-refractivity contribution is -0.0363. The molecular formula is C12H17NO2. The highest BCUT2D eigenvalue weighted by Crippen LogP contribution is 2.17. The third-order valence-corrected chi connectivity index (χ3v) is 2.65. The minimum Gasteiger partial charge on any atom is -0.382 e. The minimum absolute atomic E-state index is 0.190. The molecule has 0 aliphatic carbocycles. The Balaban J connectivity index is 1.88. The van der Waals surface area contributed by atoms with Gasteiger partial charge in [0.2, 0.25) is 0 Å². The zero-order valence-corrected chi connectivity index (χ0v) is 8.98. The van der Waals surface area contributed by atoms with Crippen molar-refractivity contribution >= 4 is 0 Å². The van der Waals surface area contributed by atoms with Gasteiger partial charge in [-0.25, -0.2) is 0 Å². The lowest BCUT2D eigenvalue weighted by Crippen LogP contribution is -2.43. The van der Waals surface area contributed by atoms with E-state index in [2.05, 4.69) is 29.6 Å². The molecule has 2 rings (SSSR count). The van der Waals surface area contributed by atoms with Gasteiger partial charge in [0.05, 0.1) is 25.4 Å². The van der Waals surface area contributed by atoms with E-state index in [1.54, 1.807) is 7.11 Å². The van der Waals surface area contributed by atoms with E-state index in [-0.39, 0.29) is 6.10 Å². The smallest absolute Gasteiger partial charge is 0.0933 e. The van der Waals surface area contributed by atoms with Crippen LogP contribution in [0.25, 0.3) is 0 Å². The van der Waals surface area contributed by atoms with Crippen LogP contribution in [0.4, 0.5) is 0 Å². The Morgan fingerprint density at radius 2 is 2.20 bits per heavy atom. The molecule has 1 aromatic rings. The molecule has 1 saturated heterocycles. The Morgan fingerprint density at radius 3 is 2.80 bits per heavy atom. The fourth-order valence-electron chi connectivity index (χ4n) is 1.82. The van der Waals surface area contributed by atoms with Gasteiger partial charge in [0, 0.05) is 13.7 Å². The summed E-state index contributed by atoms with van der Waals surface area (Å²) in [4.78, 5) is 0. The van der Waals surface area contributed by atoms with Crippen molar-refractivity contribution in [3.63, 3.8) is 0 Å². The molecule has 0 unspecified atom stereocenters. The van der Waals surface area contributed by atoms with Crippen molar-refractivity contribution in [2.45, 2.75) is 12.1 Å². The molecule has 2 atom stereocenters. The maximum atomic E-state index is 5.70. The number of rotatable bonds is 3. The van der Waals surface area contributed by atoms with Gasteiger partial charge in [-0.15, -0.1) is 0 Å². The highest BCUT2D eigenvalue weighted by Gasteiger charge is 2.21. The highest BCUT2D eigenvalue weighted by atomic mass is 16.5. The van der Waals surface area contributed by atoms with E-state index >= 15 is 0 Å². The van der Waals surface area contributed by atoms with Gasteiger partial charge in [-0.05, 0) is 5.56 Å². The first-order chi connectivity index (χ1) is 7.40. The first-order valence-corrected chi connectivity index (χ1v) is 5.29. The highest BCUT2D eigenvalue weighted by molar-refractivity contribution is 5.19. The summed E-state index contributed by atoms with van der Waals surface area (Å²) in [5, 5.41) is 3.47. The van der Waals surface area contributed by atoms with E-state index in [4.69, 9.17) is 9.47 Å². The average molecular weight is 207 g/mol. The van der Waals surface area contributed by atoms with E-state index in [0.717, 1.165) is 13.2 Å². The van der Waals surface area contributed by atoms with Crippen LogP contribution in [0.15, 0.2) is 30.3 Å². The Labute approximate surface area is 90.4 Å². The summed E-state index contributed by atoms with van der Waals surface area (Å²) >= 11 is 0. The zero-order chi connectivity index (χ0) is 10.5. The second-order valence-corrected chi connectivity index (χ2v) is 3.78. The summed E-state index contributed by atoms with van der Waals surface area (Å²) in [7, 11) is 1.70. The van der Waals surface area contributed by atoms with Crippen LogP contribution in [0.2, 0.25) is 0 Å². The minimum atomic E-state index is 0.190. The molecule has 0 bridgehead atoms. The maximum absolute atomic E-state index is 5.70. The summed E-state index contributed by atoms with van der Waals surface area (Å²) in [6, 6.07) is 10.7. The van der Waals surface area contributed by atoms with Crippen molar-refractivity contribution in [3.8, 4) is 0 Å². The van der Waals surface area contributed by atoms with E-state index in [1.165, 1.54) is 5.56 Å². The number of benzene rings is 1. The molecule has 1 aliphatic rings. The summed E-state index contributed by atoms with van der Waals surface area (Å²) < 4.78 is 10.8. The molecule has 1 heterocycles. The van der Waals surface area contributed by atoms with E-state index in [0.29, 0.717) is 12.6 Å². The first-order valence-electron chi connectivity index (χ1n) is 5.29. The summed E-state index contributed by atoms with van der Waals surface area (Å²) in [5.41, 5.74) is 1.29. The molecule has 0 saturated carbocycles. The Bertz CT molecular complexity index is 281. The monoisotopic (exact) mass is 207 g/mol. The van der Waals surface area contributed by atoms with Crippen LogP contribution in [0.3, 0.4) is 0 Å². The third kappa shape index (κ3) is 2.78. The molecule has 0 radical (unpaired) electrons. The number of ether oxygens (including phenoxy) is 2. The third-order valence-electron chi connectivity index (χ3n) is 2.65. The van der Waals surface area contributed by atoms with Crippen molar-refractivity contribution in [3.05, 3.63) is 35.9 Å². The molecule has 0 amide bonds. The second kappa shape index (κ2) is 5.26. The quantitative estimate of drug-likeness (QED) is 0.812. The summed E-state index contributed by atoms with van der Waals surface area (Å²) in [6.07, 6.45) is 0.190. The van der Waals surface area contributed by atoms with Gasteiger partial charge in [-0.1, -0.05) is 30.3 Å². The van der Waals surface area contributed by atoms with Crippen LogP contribution in [0.1, 0.15) is 11.6 Å². The van der Waals surface area contributed by atoms with Crippen molar-refractivity contribution in [2.24, 2.45) is 0 Å². The molecule has 1 aromatic carbocycles. The molecule has 3 nitrogen and oxygen atoms in total. The molecule has 0 spiro atoms. The van der Waals surface area contributed by atoms with Crippen LogP contribution in [0.5, 0.6) is 0 Å². The number of morpholine rings is 1. The Morgan fingerprint density at radius 1 is 1.40 bits per heavy atom. The topological polar surface area (TPSA) is 30.5 Å². The van der Waals surface area contributed by atoms with Gasteiger partial charge < -0.3 is 14.8 Å². The molecule has 1 N–H and O–H groups in total. The second-order valence-electron chi connectivity index (χ2n) is 3.78. The lowest BCUT2D eigenvalue weighted by Gasteiger charge is -2.30. The molecule has 0 aromatic heterocycles. The predicted molar refractivity (Wildman–Crippen MR) is 58.8 cm³/mol. The van der Waals surface area contributed by atoms with Crippen molar-refractivity contribution in [1.82, 2.24) is 5.32 Å².